The molecule has 1 saturated heterocycles. The third-order valence-electron chi connectivity index (χ3n) is 4.22. The van der Waals surface area contributed by atoms with Crippen molar-refractivity contribution in [3.8, 4) is 0 Å². The highest BCUT2D eigenvalue weighted by Crippen LogP contribution is 2.37. The van der Waals surface area contributed by atoms with Gasteiger partial charge >= 0.3 is 23.9 Å². The van der Waals surface area contributed by atoms with Gasteiger partial charge in [0.2, 0.25) is 0 Å². The average molecular weight is 454 g/mol. The Morgan fingerprint density at radius 1 is 0.806 bits per heavy atom. The first-order valence-electron chi connectivity index (χ1n) is 9.60. The van der Waals surface area contributed by atoms with Crippen molar-refractivity contribution in [2.24, 2.45) is 0 Å². The molecule has 0 amide bonds. The molecular formula is C21H26O9S. The van der Waals surface area contributed by atoms with E-state index < -0.39 is 53.7 Å². The molecule has 0 aromatic heterocycles. The number of aryl methyl sites for hydroxylation is 1. The van der Waals surface area contributed by atoms with Crippen molar-refractivity contribution in [1.29, 1.82) is 0 Å². The molecule has 0 spiro atoms. The third kappa shape index (κ3) is 7.55. The molecule has 1 aromatic carbocycles. The number of rotatable bonds is 7. The van der Waals surface area contributed by atoms with Crippen molar-refractivity contribution in [3.63, 3.8) is 0 Å². The fraction of sp³-hybridized carbons (Fsp3) is 0.524. The molecule has 0 bridgehead atoms. The van der Waals surface area contributed by atoms with Crippen LogP contribution < -0.4 is 0 Å². The van der Waals surface area contributed by atoms with Crippen LogP contribution in [0.25, 0.3) is 0 Å². The maximum atomic E-state index is 11.8. The number of ether oxygens (including phenoxy) is 5. The SMILES string of the molecule is CC(=O)OCC1OC(Sc2ccc(C)cc2)C(OC(C)=O)[C@@H](OC(C)=O)C1OC(C)=O. The summed E-state index contributed by atoms with van der Waals surface area (Å²) in [5.41, 5.74) is 0.231. The molecule has 1 aliphatic heterocycles. The molecule has 2 rings (SSSR count). The standard InChI is InChI=1S/C21H26O9S/c1-11-6-8-16(9-7-11)31-21-20(29-15(5)25)19(28-14(4)24)18(27-13(3)23)17(30-21)10-26-12(2)22/h6-9,17-21H,10H2,1-5H3/t17?,18?,19-,20?,21?/m0/s1. The summed E-state index contributed by atoms with van der Waals surface area (Å²) in [5.74, 6) is -2.50. The van der Waals surface area contributed by atoms with E-state index in [9.17, 15) is 19.2 Å². The average Bonchev–Trinajstić information content (AvgIpc) is 2.65. The summed E-state index contributed by atoms with van der Waals surface area (Å²) in [6.45, 7) is 6.51. The highest BCUT2D eigenvalue weighted by molar-refractivity contribution is 7.99. The molecule has 5 atom stereocenters. The van der Waals surface area contributed by atoms with E-state index in [-0.39, 0.29) is 6.61 Å². The summed E-state index contributed by atoms with van der Waals surface area (Å²) < 4.78 is 27.3. The summed E-state index contributed by atoms with van der Waals surface area (Å²) >= 11 is 1.24. The van der Waals surface area contributed by atoms with Crippen LogP contribution in [0.15, 0.2) is 29.2 Å². The van der Waals surface area contributed by atoms with Crippen LogP contribution in [0.1, 0.15) is 33.3 Å². The Labute approximate surface area is 184 Å². The first-order valence-corrected chi connectivity index (χ1v) is 10.5. The maximum absolute atomic E-state index is 11.8. The van der Waals surface area contributed by atoms with Gasteiger partial charge in [0.1, 0.15) is 18.1 Å². The molecule has 1 heterocycles. The van der Waals surface area contributed by atoms with Crippen LogP contribution in [0.5, 0.6) is 0 Å². The van der Waals surface area contributed by atoms with E-state index in [1.54, 1.807) is 0 Å². The molecule has 0 aliphatic carbocycles. The Hall–Kier alpha value is -2.59. The summed E-state index contributed by atoms with van der Waals surface area (Å²) in [5, 5.41) is 0. The Morgan fingerprint density at radius 3 is 1.84 bits per heavy atom. The highest BCUT2D eigenvalue weighted by atomic mass is 32.2. The van der Waals surface area contributed by atoms with Crippen molar-refractivity contribution < 1.29 is 42.9 Å². The lowest BCUT2D eigenvalue weighted by Gasteiger charge is -2.44. The molecule has 1 aromatic rings. The van der Waals surface area contributed by atoms with E-state index >= 15 is 0 Å². The van der Waals surface area contributed by atoms with Gasteiger partial charge in [0.05, 0.1) is 0 Å². The van der Waals surface area contributed by atoms with Crippen molar-refractivity contribution in [1.82, 2.24) is 0 Å². The topological polar surface area (TPSA) is 114 Å². The van der Waals surface area contributed by atoms with Gasteiger partial charge in [-0.25, -0.2) is 0 Å². The monoisotopic (exact) mass is 454 g/mol. The maximum Gasteiger partial charge on any atom is 0.303 e. The first kappa shape index (κ1) is 24.7. The van der Waals surface area contributed by atoms with Crippen LogP contribution in [-0.4, -0.2) is 60.3 Å². The van der Waals surface area contributed by atoms with Gasteiger partial charge in [0.15, 0.2) is 18.3 Å². The molecular weight excluding hydrogens is 428 g/mol. The summed E-state index contributed by atoms with van der Waals surface area (Å²) in [4.78, 5) is 47.5. The van der Waals surface area contributed by atoms with Gasteiger partial charge in [-0.1, -0.05) is 29.5 Å². The van der Waals surface area contributed by atoms with Gasteiger partial charge < -0.3 is 23.7 Å². The number of benzene rings is 1. The quantitative estimate of drug-likeness (QED) is 0.448. The number of esters is 4. The van der Waals surface area contributed by atoms with E-state index in [1.807, 2.05) is 31.2 Å². The fourth-order valence-corrected chi connectivity index (χ4v) is 4.14. The molecule has 1 aliphatic rings. The number of hydrogen-bond acceptors (Lipinski definition) is 10. The summed E-state index contributed by atoms with van der Waals surface area (Å²) in [6.07, 6.45) is -4.35. The second-order valence-corrected chi connectivity index (χ2v) is 8.17. The number of hydrogen-bond donors (Lipinski definition) is 0. The minimum atomic E-state index is -1.16. The van der Waals surface area contributed by atoms with Crippen LogP contribution in [0.3, 0.4) is 0 Å². The molecule has 9 nitrogen and oxygen atoms in total. The zero-order chi connectivity index (χ0) is 23.1. The fourth-order valence-electron chi connectivity index (χ4n) is 3.03. The van der Waals surface area contributed by atoms with Crippen molar-refractivity contribution in [2.75, 3.05) is 6.61 Å². The Kier molecular flexibility index (Phi) is 8.88. The van der Waals surface area contributed by atoms with Gasteiger partial charge in [-0.3, -0.25) is 19.2 Å². The molecule has 10 heteroatoms. The smallest absolute Gasteiger partial charge is 0.303 e. The van der Waals surface area contributed by atoms with E-state index in [0.717, 1.165) is 10.5 Å². The Balaban J connectivity index is 2.43. The molecule has 170 valence electrons. The molecule has 0 radical (unpaired) electrons. The highest BCUT2D eigenvalue weighted by Gasteiger charge is 2.52. The minimum absolute atomic E-state index is 0.247. The van der Waals surface area contributed by atoms with Crippen molar-refractivity contribution >= 4 is 35.6 Å². The minimum Gasteiger partial charge on any atom is -0.463 e. The van der Waals surface area contributed by atoms with Gasteiger partial charge in [-0.2, -0.15) is 0 Å². The second-order valence-electron chi connectivity index (χ2n) is 7.00. The first-order chi connectivity index (χ1) is 14.6. The Bertz CT molecular complexity index is 808. The van der Waals surface area contributed by atoms with Crippen molar-refractivity contribution in [2.45, 2.75) is 69.4 Å². The van der Waals surface area contributed by atoms with Crippen LogP contribution in [0, 0.1) is 6.92 Å². The summed E-state index contributed by atoms with van der Waals surface area (Å²) in [6, 6.07) is 7.56. The predicted molar refractivity (Wildman–Crippen MR) is 109 cm³/mol. The lowest BCUT2D eigenvalue weighted by molar-refractivity contribution is -0.237. The van der Waals surface area contributed by atoms with Gasteiger partial charge in [-0.05, 0) is 19.1 Å². The van der Waals surface area contributed by atoms with E-state index in [4.69, 9.17) is 23.7 Å². The predicted octanol–water partition coefficient (Wildman–Crippen LogP) is 2.17. The van der Waals surface area contributed by atoms with Gasteiger partial charge in [0.25, 0.3) is 0 Å². The number of thioether (sulfide) groups is 1. The van der Waals surface area contributed by atoms with E-state index in [2.05, 4.69) is 0 Å². The molecule has 1 fully saturated rings. The normalized spacial score (nSPS) is 25.3. The number of carbonyl (C=O) groups is 4. The second kappa shape index (κ2) is 11.1. The van der Waals surface area contributed by atoms with Gasteiger partial charge in [0, 0.05) is 32.6 Å². The zero-order valence-electron chi connectivity index (χ0n) is 18.0. The molecule has 4 unspecified atom stereocenters. The van der Waals surface area contributed by atoms with Gasteiger partial charge in [-0.15, -0.1) is 0 Å². The largest absolute Gasteiger partial charge is 0.463 e. The third-order valence-corrected chi connectivity index (χ3v) is 5.38. The lowest BCUT2D eigenvalue weighted by Crippen LogP contribution is -2.61. The number of carbonyl (C=O) groups excluding carboxylic acids is 4. The van der Waals surface area contributed by atoms with Crippen LogP contribution in [0.2, 0.25) is 0 Å². The van der Waals surface area contributed by atoms with E-state index in [0.29, 0.717) is 0 Å². The zero-order valence-corrected chi connectivity index (χ0v) is 18.8. The molecule has 31 heavy (non-hydrogen) atoms. The van der Waals surface area contributed by atoms with Crippen molar-refractivity contribution in [3.05, 3.63) is 29.8 Å². The van der Waals surface area contributed by atoms with Crippen LogP contribution >= 0.6 is 11.8 Å². The van der Waals surface area contributed by atoms with Crippen LogP contribution in [0.4, 0.5) is 0 Å². The molecule has 0 saturated carbocycles. The Morgan fingerprint density at radius 2 is 1.32 bits per heavy atom. The van der Waals surface area contributed by atoms with E-state index in [1.165, 1.54) is 39.5 Å². The summed E-state index contributed by atoms with van der Waals surface area (Å²) in [7, 11) is 0. The lowest BCUT2D eigenvalue weighted by atomic mass is 9.99. The molecule has 0 N–H and O–H groups in total. The van der Waals surface area contributed by atoms with Crippen LogP contribution in [-0.2, 0) is 42.9 Å².